The summed E-state index contributed by atoms with van der Waals surface area (Å²) in [7, 11) is 0. The van der Waals surface area contributed by atoms with Crippen molar-refractivity contribution in [2.45, 2.75) is 130 Å². The molecule has 26 heavy (non-hydrogen) atoms. The second-order valence-electron chi connectivity index (χ2n) is 7.31. The zero-order chi connectivity index (χ0) is 19.9. The summed E-state index contributed by atoms with van der Waals surface area (Å²) in [4.78, 5) is 9.00. The van der Waals surface area contributed by atoms with Crippen LogP contribution < -0.4 is 5.73 Å². The normalized spacial score (nSPS) is 11.7. The zero-order valence-electron chi connectivity index (χ0n) is 17.9. The van der Waals surface area contributed by atoms with E-state index in [1.807, 2.05) is 0 Å². The molecule has 158 valence electrons. The largest absolute Gasteiger partial charge is 0.481 e. The Morgan fingerprint density at radius 1 is 0.769 bits per heavy atom. The van der Waals surface area contributed by atoms with Gasteiger partial charge in [-0.1, -0.05) is 97.3 Å². The van der Waals surface area contributed by atoms with E-state index in [2.05, 4.69) is 13.8 Å². The summed E-state index contributed by atoms with van der Waals surface area (Å²) in [5.41, 5.74) is 6.01. The Balaban J connectivity index is 0. The summed E-state index contributed by atoms with van der Waals surface area (Å²) < 4.78 is 5.71. The Hall–Kier alpha value is -0.610. The molecular weight excluding hydrogens is 326 g/mol. The Morgan fingerprint density at radius 2 is 1.12 bits per heavy atom. The predicted molar refractivity (Wildman–Crippen MR) is 112 cm³/mol. The molecule has 0 saturated heterocycles. The molecule has 0 spiro atoms. The van der Waals surface area contributed by atoms with E-state index in [1.54, 1.807) is 0 Å². The lowest BCUT2D eigenvalue weighted by molar-refractivity contribution is -0.134. The van der Waals surface area contributed by atoms with Gasteiger partial charge in [0.25, 0.3) is 5.97 Å². The number of carboxylic acids is 1. The minimum absolute atomic E-state index is 0.0276. The SMILES string of the molecule is CC(=O)O.CCCCCCCCCCOC(N)CCCCCCCCC. The average Bonchev–Trinajstić information content (AvgIpc) is 2.59. The van der Waals surface area contributed by atoms with Gasteiger partial charge < -0.3 is 15.6 Å². The number of carboxylic acid groups (broad SMARTS) is 1. The van der Waals surface area contributed by atoms with Crippen molar-refractivity contribution >= 4 is 5.97 Å². The minimum atomic E-state index is -0.833. The van der Waals surface area contributed by atoms with E-state index >= 15 is 0 Å². The molecule has 0 aromatic heterocycles. The Labute approximate surface area is 163 Å². The van der Waals surface area contributed by atoms with Gasteiger partial charge in [0, 0.05) is 13.5 Å². The number of rotatable bonds is 18. The van der Waals surface area contributed by atoms with Crippen molar-refractivity contribution in [2.75, 3.05) is 6.61 Å². The third kappa shape index (κ3) is 31.2. The number of hydrogen-bond acceptors (Lipinski definition) is 3. The van der Waals surface area contributed by atoms with Crippen molar-refractivity contribution in [1.82, 2.24) is 0 Å². The van der Waals surface area contributed by atoms with E-state index in [0.29, 0.717) is 0 Å². The molecule has 0 bridgehead atoms. The molecule has 4 heteroatoms. The molecule has 0 aromatic carbocycles. The van der Waals surface area contributed by atoms with Gasteiger partial charge in [-0.05, 0) is 19.3 Å². The van der Waals surface area contributed by atoms with Crippen LogP contribution in [0.5, 0.6) is 0 Å². The van der Waals surface area contributed by atoms with Crippen LogP contribution in [-0.2, 0) is 9.53 Å². The molecule has 0 aromatic rings. The minimum Gasteiger partial charge on any atom is -0.481 e. The number of aliphatic carboxylic acids is 1. The fourth-order valence-corrected chi connectivity index (χ4v) is 2.86. The third-order valence-corrected chi connectivity index (χ3v) is 4.42. The maximum atomic E-state index is 9.00. The monoisotopic (exact) mass is 373 g/mol. The first kappa shape index (κ1) is 27.6. The molecule has 0 amide bonds. The van der Waals surface area contributed by atoms with Gasteiger partial charge in [0.15, 0.2) is 0 Å². The number of ether oxygens (including phenoxy) is 1. The highest BCUT2D eigenvalue weighted by molar-refractivity contribution is 5.62. The van der Waals surface area contributed by atoms with Gasteiger partial charge in [-0.15, -0.1) is 0 Å². The molecule has 0 aliphatic rings. The molecule has 3 N–H and O–H groups in total. The standard InChI is InChI=1S/C20H43NO.C2H4O2/c1-3-5-7-9-11-13-15-17-19-22-20(21)18-16-14-12-10-8-6-4-2;1-2(3)4/h20H,3-19,21H2,1-2H3;1H3,(H,3,4). The van der Waals surface area contributed by atoms with Crippen molar-refractivity contribution in [3.8, 4) is 0 Å². The van der Waals surface area contributed by atoms with Crippen molar-refractivity contribution in [2.24, 2.45) is 5.73 Å². The molecule has 0 saturated carbocycles. The molecule has 0 heterocycles. The summed E-state index contributed by atoms with van der Waals surface area (Å²) in [5, 5.41) is 7.42. The van der Waals surface area contributed by atoms with Crippen LogP contribution in [0.2, 0.25) is 0 Å². The smallest absolute Gasteiger partial charge is 0.300 e. The van der Waals surface area contributed by atoms with E-state index in [-0.39, 0.29) is 6.23 Å². The quantitative estimate of drug-likeness (QED) is 0.208. The molecule has 0 aliphatic carbocycles. The van der Waals surface area contributed by atoms with Crippen LogP contribution in [0, 0.1) is 0 Å². The van der Waals surface area contributed by atoms with Gasteiger partial charge in [0.1, 0.15) is 6.23 Å². The zero-order valence-corrected chi connectivity index (χ0v) is 17.9. The fraction of sp³-hybridized carbons (Fsp3) is 0.955. The molecule has 4 nitrogen and oxygen atoms in total. The number of carbonyl (C=O) groups is 1. The molecular formula is C22H47NO3. The summed E-state index contributed by atoms with van der Waals surface area (Å²) in [6, 6.07) is 0. The first-order valence-corrected chi connectivity index (χ1v) is 11.1. The van der Waals surface area contributed by atoms with Gasteiger partial charge >= 0.3 is 0 Å². The van der Waals surface area contributed by atoms with Crippen molar-refractivity contribution in [3.05, 3.63) is 0 Å². The van der Waals surface area contributed by atoms with Gasteiger partial charge in [-0.3, -0.25) is 4.79 Å². The average molecular weight is 374 g/mol. The van der Waals surface area contributed by atoms with Gasteiger partial charge in [-0.25, -0.2) is 0 Å². The van der Waals surface area contributed by atoms with Crippen LogP contribution in [0.3, 0.4) is 0 Å². The van der Waals surface area contributed by atoms with Crippen LogP contribution in [0.15, 0.2) is 0 Å². The van der Waals surface area contributed by atoms with E-state index in [1.165, 1.54) is 96.3 Å². The fourth-order valence-electron chi connectivity index (χ4n) is 2.86. The third-order valence-electron chi connectivity index (χ3n) is 4.42. The molecule has 0 fully saturated rings. The highest BCUT2D eigenvalue weighted by atomic mass is 16.5. The lowest BCUT2D eigenvalue weighted by atomic mass is 10.1. The summed E-state index contributed by atoms with van der Waals surface area (Å²) >= 11 is 0. The predicted octanol–water partition coefficient (Wildman–Crippen LogP) is 6.66. The molecule has 0 aliphatic heterocycles. The maximum absolute atomic E-state index is 9.00. The van der Waals surface area contributed by atoms with Gasteiger partial charge in [0.05, 0.1) is 0 Å². The summed E-state index contributed by atoms with van der Waals surface area (Å²) in [5.74, 6) is -0.833. The van der Waals surface area contributed by atoms with E-state index in [0.717, 1.165) is 20.0 Å². The van der Waals surface area contributed by atoms with Crippen molar-refractivity contribution < 1.29 is 14.6 Å². The van der Waals surface area contributed by atoms with Crippen LogP contribution in [0.1, 0.15) is 124 Å². The van der Waals surface area contributed by atoms with Gasteiger partial charge in [0.2, 0.25) is 0 Å². The second-order valence-corrected chi connectivity index (χ2v) is 7.31. The molecule has 0 radical (unpaired) electrons. The summed E-state index contributed by atoms with van der Waals surface area (Å²) in [6.45, 7) is 6.47. The van der Waals surface area contributed by atoms with E-state index in [9.17, 15) is 0 Å². The lowest BCUT2D eigenvalue weighted by Crippen LogP contribution is -2.24. The highest BCUT2D eigenvalue weighted by Gasteiger charge is 2.02. The van der Waals surface area contributed by atoms with Gasteiger partial charge in [-0.2, -0.15) is 0 Å². The lowest BCUT2D eigenvalue weighted by Gasteiger charge is -2.12. The van der Waals surface area contributed by atoms with Crippen LogP contribution in [-0.4, -0.2) is 23.9 Å². The first-order chi connectivity index (χ1) is 12.5. The summed E-state index contributed by atoms with van der Waals surface area (Å²) in [6.07, 6.45) is 21.2. The Kier molecular flexibility index (Phi) is 25.9. The number of unbranched alkanes of at least 4 members (excludes halogenated alkanes) is 13. The Bertz CT molecular complexity index is 268. The van der Waals surface area contributed by atoms with Crippen LogP contribution in [0.25, 0.3) is 0 Å². The molecule has 0 rings (SSSR count). The first-order valence-electron chi connectivity index (χ1n) is 11.1. The molecule has 1 unspecified atom stereocenters. The Morgan fingerprint density at radius 3 is 1.54 bits per heavy atom. The number of hydrogen-bond donors (Lipinski definition) is 2. The van der Waals surface area contributed by atoms with Crippen molar-refractivity contribution in [3.63, 3.8) is 0 Å². The maximum Gasteiger partial charge on any atom is 0.300 e. The number of nitrogens with two attached hydrogens (primary N) is 1. The van der Waals surface area contributed by atoms with Crippen LogP contribution >= 0.6 is 0 Å². The van der Waals surface area contributed by atoms with Crippen LogP contribution in [0.4, 0.5) is 0 Å². The molecule has 1 atom stereocenters. The second kappa shape index (κ2) is 24.4. The highest BCUT2D eigenvalue weighted by Crippen LogP contribution is 2.11. The topological polar surface area (TPSA) is 72.5 Å². The van der Waals surface area contributed by atoms with E-state index in [4.69, 9.17) is 20.4 Å². The van der Waals surface area contributed by atoms with Crippen molar-refractivity contribution in [1.29, 1.82) is 0 Å². The van der Waals surface area contributed by atoms with E-state index < -0.39 is 5.97 Å².